The van der Waals surface area contributed by atoms with Crippen molar-refractivity contribution in [2.45, 2.75) is 6.92 Å². The summed E-state index contributed by atoms with van der Waals surface area (Å²) in [6.45, 7) is 2.01. The number of methoxy groups -OCH3 is 1. The summed E-state index contributed by atoms with van der Waals surface area (Å²) in [6.07, 6.45) is 1.09. The SMILES string of the molecule is COc1ccc(-n2nc(/C(=C\C(=O)O)c3ccc(F)cc3)cc2-c2ccc(C)cc2)cc1. The monoisotopic (exact) mass is 428 g/mol. The van der Waals surface area contributed by atoms with Gasteiger partial charge in [0.05, 0.1) is 24.2 Å². The first-order valence-electron chi connectivity index (χ1n) is 9.97. The van der Waals surface area contributed by atoms with E-state index in [9.17, 15) is 14.3 Å². The van der Waals surface area contributed by atoms with Crippen LogP contribution in [0.1, 0.15) is 16.8 Å². The van der Waals surface area contributed by atoms with E-state index >= 15 is 0 Å². The smallest absolute Gasteiger partial charge is 0.329 e. The fraction of sp³-hybridized carbons (Fsp3) is 0.0769. The number of nitrogens with zero attached hydrogens (tertiary/aromatic N) is 2. The third-order valence-electron chi connectivity index (χ3n) is 5.07. The molecule has 0 fully saturated rings. The van der Waals surface area contributed by atoms with Crippen LogP contribution in [0, 0.1) is 12.7 Å². The molecular weight excluding hydrogens is 407 g/mol. The van der Waals surface area contributed by atoms with Gasteiger partial charge in [-0.1, -0.05) is 42.0 Å². The molecule has 0 radical (unpaired) electrons. The molecule has 5 nitrogen and oxygen atoms in total. The molecule has 0 amide bonds. The highest BCUT2D eigenvalue weighted by atomic mass is 19.1. The van der Waals surface area contributed by atoms with E-state index in [-0.39, 0.29) is 0 Å². The first kappa shape index (κ1) is 21.1. The van der Waals surface area contributed by atoms with Gasteiger partial charge in [-0.05, 0) is 55.0 Å². The predicted molar refractivity (Wildman–Crippen MR) is 121 cm³/mol. The average Bonchev–Trinajstić information content (AvgIpc) is 3.24. The zero-order valence-corrected chi connectivity index (χ0v) is 17.6. The third-order valence-corrected chi connectivity index (χ3v) is 5.07. The van der Waals surface area contributed by atoms with E-state index in [4.69, 9.17) is 9.84 Å². The Morgan fingerprint density at radius 1 is 1.00 bits per heavy atom. The average molecular weight is 428 g/mol. The van der Waals surface area contributed by atoms with Gasteiger partial charge in [0, 0.05) is 17.2 Å². The Balaban J connectivity index is 1.91. The van der Waals surface area contributed by atoms with E-state index in [0.29, 0.717) is 16.8 Å². The number of halogens is 1. The normalized spacial score (nSPS) is 11.4. The largest absolute Gasteiger partial charge is 0.497 e. The molecule has 32 heavy (non-hydrogen) atoms. The number of rotatable bonds is 6. The molecule has 0 unspecified atom stereocenters. The molecule has 4 rings (SSSR count). The van der Waals surface area contributed by atoms with Crippen LogP contribution in [0.5, 0.6) is 5.75 Å². The predicted octanol–water partition coefficient (Wildman–Crippen LogP) is 5.51. The van der Waals surface area contributed by atoms with Crippen LogP contribution in [0.25, 0.3) is 22.5 Å². The maximum atomic E-state index is 13.5. The molecule has 0 saturated carbocycles. The van der Waals surface area contributed by atoms with Gasteiger partial charge in [-0.25, -0.2) is 13.9 Å². The van der Waals surface area contributed by atoms with Crippen molar-refractivity contribution >= 4 is 11.5 Å². The zero-order valence-electron chi connectivity index (χ0n) is 17.6. The quantitative estimate of drug-likeness (QED) is 0.411. The van der Waals surface area contributed by atoms with Crippen molar-refractivity contribution in [3.05, 3.63) is 108 Å². The molecule has 0 aliphatic heterocycles. The van der Waals surface area contributed by atoms with Gasteiger partial charge in [0.1, 0.15) is 11.6 Å². The van der Waals surface area contributed by atoms with Crippen LogP contribution in [0.15, 0.2) is 84.9 Å². The fourth-order valence-electron chi connectivity index (χ4n) is 3.42. The third kappa shape index (κ3) is 4.44. The van der Waals surface area contributed by atoms with Crippen molar-refractivity contribution in [1.29, 1.82) is 0 Å². The van der Waals surface area contributed by atoms with Gasteiger partial charge in [-0.3, -0.25) is 0 Å². The number of aryl methyl sites for hydroxylation is 1. The van der Waals surface area contributed by atoms with Gasteiger partial charge in [-0.15, -0.1) is 0 Å². The number of benzene rings is 3. The van der Waals surface area contributed by atoms with E-state index < -0.39 is 11.8 Å². The van der Waals surface area contributed by atoms with Crippen molar-refractivity contribution in [2.24, 2.45) is 0 Å². The van der Waals surface area contributed by atoms with Crippen LogP contribution in [-0.2, 0) is 4.79 Å². The molecule has 4 aromatic rings. The van der Waals surface area contributed by atoms with Crippen LogP contribution in [-0.4, -0.2) is 28.0 Å². The van der Waals surface area contributed by atoms with Crippen LogP contribution in [0.3, 0.4) is 0 Å². The Morgan fingerprint density at radius 2 is 1.66 bits per heavy atom. The highest BCUT2D eigenvalue weighted by Crippen LogP contribution is 2.30. The zero-order chi connectivity index (χ0) is 22.7. The number of hydrogen-bond acceptors (Lipinski definition) is 3. The lowest BCUT2D eigenvalue weighted by Gasteiger charge is -2.09. The maximum absolute atomic E-state index is 13.5. The lowest BCUT2D eigenvalue weighted by Crippen LogP contribution is -2.01. The highest BCUT2D eigenvalue weighted by Gasteiger charge is 2.17. The molecule has 1 aromatic heterocycles. The number of carboxylic acids is 1. The van der Waals surface area contributed by atoms with Gasteiger partial charge in [0.25, 0.3) is 0 Å². The number of aliphatic carboxylic acids is 1. The standard InChI is InChI=1S/C26H21FN2O3/c1-17-3-5-19(6-4-17)25-16-24(28-29(25)21-11-13-22(32-2)14-12-21)23(15-26(30)31)18-7-9-20(27)10-8-18/h3-16H,1-2H3,(H,30,31)/b23-15-. The molecule has 1 N–H and O–H groups in total. The van der Waals surface area contributed by atoms with Gasteiger partial charge in [0.2, 0.25) is 0 Å². The Bertz CT molecular complexity index is 1270. The van der Waals surface area contributed by atoms with Crippen molar-refractivity contribution in [3.8, 4) is 22.7 Å². The van der Waals surface area contributed by atoms with Crippen molar-refractivity contribution < 1.29 is 19.0 Å². The number of hydrogen-bond donors (Lipinski definition) is 1. The Kier molecular flexibility index (Phi) is 5.85. The van der Waals surface area contributed by atoms with Crippen molar-refractivity contribution in [1.82, 2.24) is 9.78 Å². The summed E-state index contributed by atoms with van der Waals surface area (Å²) in [6, 6.07) is 23.0. The van der Waals surface area contributed by atoms with Gasteiger partial charge < -0.3 is 9.84 Å². The number of aromatic nitrogens is 2. The number of carbonyl (C=O) groups is 1. The van der Waals surface area contributed by atoms with E-state index in [1.165, 1.54) is 12.1 Å². The molecule has 1 heterocycles. The van der Waals surface area contributed by atoms with E-state index in [2.05, 4.69) is 0 Å². The molecule has 6 heteroatoms. The van der Waals surface area contributed by atoms with E-state index in [1.54, 1.807) is 23.9 Å². The maximum Gasteiger partial charge on any atom is 0.329 e. The molecule has 0 atom stereocenters. The topological polar surface area (TPSA) is 64.4 Å². The van der Waals surface area contributed by atoms with E-state index in [1.807, 2.05) is 61.5 Å². The summed E-state index contributed by atoms with van der Waals surface area (Å²) in [4.78, 5) is 11.6. The van der Waals surface area contributed by atoms with Crippen LogP contribution in [0.2, 0.25) is 0 Å². The van der Waals surface area contributed by atoms with Crippen molar-refractivity contribution in [3.63, 3.8) is 0 Å². The minimum Gasteiger partial charge on any atom is -0.497 e. The molecular formula is C26H21FN2O3. The first-order chi connectivity index (χ1) is 15.4. The molecule has 0 aliphatic rings. The Morgan fingerprint density at radius 3 is 2.25 bits per heavy atom. The summed E-state index contributed by atoms with van der Waals surface area (Å²) in [5.74, 6) is -0.788. The lowest BCUT2D eigenvalue weighted by molar-refractivity contribution is -0.131. The van der Waals surface area contributed by atoms with Gasteiger partial charge in [-0.2, -0.15) is 5.10 Å². The van der Waals surface area contributed by atoms with Gasteiger partial charge >= 0.3 is 5.97 Å². The minimum atomic E-state index is -1.11. The highest BCUT2D eigenvalue weighted by molar-refractivity contribution is 5.95. The fourth-order valence-corrected chi connectivity index (χ4v) is 3.42. The molecule has 0 saturated heterocycles. The van der Waals surface area contributed by atoms with Crippen LogP contribution >= 0.6 is 0 Å². The lowest BCUT2D eigenvalue weighted by atomic mass is 10.0. The summed E-state index contributed by atoms with van der Waals surface area (Å²) in [5.41, 5.74) is 5.05. The number of carboxylic acid groups (broad SMARTS) is 1. The van der Waals surface area contributed by atoms with Crippen molar-refractivity contribution in [2.75, 3.05) is 7.11 Å². The summed E-state index contributed by atoms with van der Waals surface area (Å²) in [7, 11) is 1.60. The number of ether oxygens (including phenoxy) is 1. The second kappa shape index (κ2) is 8.89. The molecule has 0 spiro atoms. The summed E-state index contributed by atoms with van der Waals surface area (Å²) < 4.78 is 20.5. The van der Waals surface area contributed by atoms with Crippen LogP contribution in [0.4, 0.5) is 4.39 Å². The first-order valence-corrected chi connectivity index (χ1v) is 9.97. The second-order valence-electron chi connectivity index (χ2n) is 7.29. The molecule has 0 bridgehead atoms. The van der Waals surface area contributed by atoms with Gasteiger partial charge in [0.15, 0.2) is 0 Å². The molecule has 3 aromatic carbocycles. The minimum absolute atomic E-state index is 0.387. The molecule has 0 aliphatic carbocycles. The summed E-state index contributed by atoms with van der Waals surface area (Å²) in [5, 5.41) is 14.2. The Hall–Kier alpha value is -4.19. The summed E-state index contributed by atoms with van der Waals surface area (Å²) >= 11 is 0. The molecule has 160 valence electrons. The van der Waals surface area contributed by atoms with Crippen LogP contribution < -0.4 is 4.74 Å². The second-order valence-corrected chi connectivity index (χ2v) is 7.29. The Labute approximate surface area is 185 Å². The van der Waals surface area contributed by atoms with E-state index in [0.717, 1.165) is 34.3 Å².